The lowest BCUT2D eigenvalue weighted by Gasteiger charge is -2.36. The van der Waals surface area contributed by atoms with E-state index in [0.29, 0.717) is 5.39 Å². The Morgan fingerprint density at radius 3 is 2.63 bits per heavy atom. The number of primary amides is 1. The van der Waals surface area contributed by atoms with Gasteiger partial charge >= 0.3 is 5.63 Å². The van der Waals surface area contributed by atoms with Crippen LogP contribution in [0.25, 0.3) is 11.0 Å². The molecule has 0 aliphatic carbocycles. The Bertz CT molecular complexity index is 846. The van der Waals surface area contributed by atoms with E-state index in [2.05, 4.69) is 5.73 Å². The number of benzene rings is 1. The molecule has 0 saturated carbocycles. The maximum Gasteiger partial charge on any atom is 0.336 e. The number of carbonyl (C=O) groups is 1. The van der Waals surface area contributed by atoms with Gasteiger partial charge < -0.3 is 40.1 Å². The quantitative estimate of drug-likeness (QED) is 0.425. The van der Waals surface area contributed by atoms with Crippen LogP contribution in [0.15, 0.2) is 33.5 Å². The smallest absolute Gasteiger partial charge is 0.336 e. The molecule has 6 N–H and O–H groups in total. The first-order valence-electron chi connectivity index (χ1n) is 8.03. The van der Waals surface area contributed by atoms with Gasteiger partial charge in [-0.1, -0.05) is 0 Å². The molecule has 4 atom stereocenters. The Labute approximate surface area is 153 Å². The molecule has 1 fully saturated rings. The zero-order chi connectivity index (χ0) is 20.1. The van der Waals surface area contributed by atoms with Crippen molar-refractivity contribution in [3.63, 3.8) is 0 Å². The summed E-state index contributed by atoms with van der Waals surface area (Å²) >= 11 is 0. The van der Waals surface area contributed by atoms with Crippen molar-refractivity contribution in [2.45, 2.75) is 37.9 Å². The van der Waals surface area contributed by atoms with Crippen LogP contribution in [-0.4, -0.2) is 57.5 Å². The molecule has 27 heavy (non-hydrogen) atoms. The van der Waals surface area contributed by atoms with Crippen LogP contribution in [0.2, 0.25) is 0 Å². The maximum absolute atomic E-state index is 11.2. The number of fused-ring (bicyclic) bond motifs is 1. The van der Waals surface area contributed by atoms with E-state index in [1.165, 1.54) is 31.2 Å². The van der Waals surface area contributed by atoms with Crippen LogP contribution in [0.4, 0.5) is 0 Å². The lowest BCUT2D eigenvalue weighted by Crippen LogP contribution is -2.51. The SMILES string of the molecule is CC(N)=O.O=c1ccc2cc(O[C@H]3C[C@@H](O)[C@H](O)[C@@H](CO)O3)c(O)cc2o1. The van der Waals surface area contributed by atoms with Gasteiger partial charge in [-0.05, 0) is 12.1 Å². The number of phenols is 1. The van der Waals surface area contributed by atoms with E-state index in [-0.39, 0.29) is 29.4 Å². The number of phenolic OH excluding ortho intramolecular Hbond substituents is 1. The summed E-state index contributed by atoms with van der Waals surface area (Å²) in [6, 6.07) is 5.46. The van der Waals surface area contributed by atoms with Gasteiger partial charge in [0.15, 0.2) is 11.5 Å². The number of ether oxygens (including phenoxy) is 2. The summed E-state index contributed by atoms with van der Waals surface area (Å²) < 4.78 is 15.8. The largest absolute Gasteiger partial charge is 0.504 e. The van der Waals surface area contributed by atoms with E-state index >= 15 is 0 Å². The number of hydrogen-bond acceptors (Lipinski definition) is 9. The van der Waals surface area contributed by atoms with Gasteiger partial charge in [-0.25, -0.2) is 4.79 Å². The highest BCUT2D eigenvalue weighted by molar-refractivity contribution is 5.80. The second-order valence-electron chi connectivity index (χ2n) is 5.92. The first-order chi connectivity index (χ1) is 12.7. The van der Waals surface area contributed by atoms with Crippen molar-refractivity contribution in [1.29, 1.82) is 0 Å². The Balaban J connectivity index is 0.000000596. The van der Waals surface area contributed by atoms with Crippen LogP contribution >= 0.6 is 0 Å². The average Bonchev–Trinajstić information content (AvgIpc) is 2.58. The molecule has 0 spiro atoms. The first-order valence-corrected chi connectivity index (χ1v) is 8.03. The fourth-order valence-electron chi connectivity index (χ4n) is 2.46. The molecule has 1 aromatic heterocycles. The topological polar surface area (TPSA) is 173 Å². The van der Waals surface area contributed by atoms with Crippen LogP contribution < -0.4 is 16.1 Å². The van der Waals surface area contributed by atoms with E-state index in [1.54, 1.807) is 0 Å². The summed E-state index contributed by atoms with van der Waals surface area (Å²) in [7, 11) is 0. The predicted octanol–water partition coefficient (Wildman–Crippen LogP) is -0.802. The van der Waals surface area contributed by atoms with E-state index in [4.69, 9.17) is 19.0 Å². The standard InChI is InChI=1S/C15H16O8.C2H5NO/c16-6-12-15(20)9(18)5-14(23-12)22-11-3-7-1-2-13(19)21-10(7)4-8(11)17;1-2(3)4/h1-4,9,12,14-18,20H,5-6H2;1H3,(H2,3,4)/t9-,12-,14-,15+;/m1./s1. The van der Waals surface area contributed by atoms with Crippen molar-refractivity contribution in [3.8, 4) is 11.5 Å². The molecule has 148 valence electrons. The lowest BCUT2D eigenvalue weighted by molar-refractivity contribution is -0.230. The van der Waals surface area contributed by atoms with Gasteiger partial charge in [-0.15, -0.1) is 0 Å². The fraction of sp³-hybridized carbons (Fsp3) is 0.412. The summed E-state index contributed by atoms with van der Waals surface area (Å²) in [6.45, 7) is 0.826. The van der Waals surface area contributed by atoms with Gasteiger partial charge in [0.1, 0.15) is 17.8 Å². The lowest BCUT2D eigenvalue weighted by atomic mass is 10.0. The van der Waals surface area contributed by atoms with Gasteiger partial charge in [0.25, 0.3) is 0 Å². The number of aliphatic hydroxyl groups is 3. The molecular formula is C17H21NO9. The predicted molar refractivity (Wildman–Crippen MR) is 92.0 cm³/mol. The zero-order valence-electron chi connectivity index (χ0n) is 14.4. The molecule has 0 bridgehead atoms. The minimum Gasteiger partial charge on any atom is -0.504 e. The second kappa shape index (κ2) is 8.82. The summed E-state index contributed by atoms with van der Waals surface area (Å²) in [4.78, 5) is 20.4. The van der Waals surface area contributed by atoms with Gasteiger partial charge in [0.05, 0.1) is 12.7 Å². The third kappa shape index (κ3) is 5.41. The van der Waals surface area contributed by atoms with Gasteiger partial charge in [0, 0.05) is 30.9 Å². The zero-order valence-corrected chi connectivity index (χ0v) is 14.4. The van der Waals surface area contributed by atoms with Gasteiger partial charge in [-0.2, -0.15) is 0 Å². The second-order valence-corrected chi connectivity index (χ2v) is 5.92. The highest BCUT2D eigenvalue weighted by Crippen LogP contribution is 2.33. The Hall–Kier alpha value is -2.66. The highest BCUT2D eigenvalue weighted by Gasteiger charge is 2.37. The van der Waals surface area contributed by atoms with Crippen molar-refractivity contribution < 1.29 is 39.1 Å². The molecular weight excluding hydrogens is 362 g/mol. The molecule has 1 aliphatic heterocycles. The number of aromatic hydroxyl groups is 1. The maximum atomic E-state index is 11.2. The number of hydrogen-bond donors (Lipinski definition) is 5. The summed E-state index contributed by atoms with van der Waals surface area (Å²) in [5.74, 6) is -0.534. The monoisotopic (exact) mass is 383 g/mol. The molecule has 1 saturated heterocycles. The van der Waals surface area contributed by atoms with E-state index in [1.807, 2.05) is 0 Å². The molecule has 0 unspecified atom stereocenters. The molecule has 1 aromatic carbocycles. The number of rotatable bonds is 3. The minimum atomic E-state index is -1.21. The average molecular weight is 383 g/mol. The van der Waals surface area contributed by atoms with Crippen LogP contribution in [0, 0.1) is 0 Å². The minimum absolute atomic E-state index is 0.0288. The summed E-state index contributed by atoms with van der Waals surface area (Å²) in [6.07, 6.45) is -4.29. The van der Waals surface area contributed by atoms with Crippen LogP contribution in [0.1, 0.15) is 13.3 Å². The molecule has 10 nitrogen and oxygen atoms in total. The first kappa shape index (κ1) is 20.6. The normalized spacial score (nSPS) is 24.7. The summed E-state index contributed by atoms with van der Waals surface area (Å²) in [5, 5.41) is 39.1. The Morgan fingerprint density at radius 2 is 2.00 bits per heavy atom. The number of aliphatic hydroxyl groups excluding tert-OH is 3. The third-order valence-electron chi connectivity index (χ3n) is 3.67. The Morgan fingerprint density at radius 1 is 1.33 bits per heavy atom. The van der Waals surface area contributed by atoms with Crippen LogP contribution in [-0.2, 0) is 9.53 Å². The van der Waals surface area contributed by atoms with Crippen molar-refractivity contribution in [3.05, 3.63) is 34.7 Å². The molecule has 0 radical (unpaired) electrons. The molecule has 2 heterocycles. The molecule has 1 aliphatic rings. The van der Waals surface area contributed by atoms with Crippen molar-refractivity contribution in [2.24, 2.45) is 5.73 Å². The third-order valence-corrected chi connectivity index (χ3v) is 3.67. The van der Waals surface area contributed by atoms with Crippen molar-refractivity contribution in [1.82, 2.24) is 0 Å². The number of carbonyl (C=O) groups excluding carboxylic acids is 1. The van der Waals surface area contributed by atoms with Crippen LogP contribution in [0.3, 0.4) is 0 Å². The molecule has 1 amide bonds. The van der Waals surface area contributed by atoms with Gasteiger partial charge in [-0.3, -0.25) is 4.79 Å². The highest BCUT2D eigenvalue weighted by atomic mass is 16.7. The van der Waals surface area contributed by atoms with Crippen LogP contribution in [0.5, 0.6) is 11.5 Å². The molecule has 10 heteroatoms. The van der Waals surface area contributed by atoms with E-state index < -0.39 is 36.8 Å². The molecule has 3 rings (SSSR count). The number of amides is 1. The van der Waals surface area contributed by atoms with Crippen molar-refractivity contribution >= 4 is 16.9 Å². The number of nitrogens with two attached hydrogens (primary N) is 1. The molecule has 2 aromatic rings. The van der Waals surface area contributed by atoms with E-state index in [9.17, 15) is 24.9 Å². The van der Waals surface area contributed by atoms with E-state index in [0.717, 1.165) is 0 Å². The fourth-order valence-corrected chi connectivity index (χ4v) is 2.46. The van der Waals surface area contributed by atoms with Crippen molar-refractivity contribution in [2.75, 3.05) is 6.61 Å². The van der Waals surface area contributed by atoms with Gasteiger partial charge in [0.2, 0.25) is 12.2 Å². The summed E-state index contributed by atoms with van der Waals surface area (Å²) in [5.41, 5.74) is 4.14. The Kier molecular flexibility index (Phi) is 6.75.